The van der Waals surface area contributed by atoms with E-state index < -0.39 is 11.6 Å². The van der Waals surface area contributed by atoms with Crippen LogP contribution in [0.2, 0.25) is 0 Å². The molecular weight excluding hydrogens is 270 g/mol. The van der Waals surface area contributed by atoms with Gasteiger partial charge in [0.2, 0.25) is 5.95 Å². The number of aryl methyl sites for hydroxylation is 1. The Morgan fingerprint density at radius 2 is 2.19 bits per heavy atom. The van der Waals surface area contributed by atoms with Crippen LogP contribution in [0, 0.1) is 12.8 Å². The summed E-state index contributed by atoms with van der Waals surface area (Å²) in [5.41, 5.74) is 0.0800. The summed E-state index contributed by atoms with van der Waals surface area (Å²) in [4.78, 5) is 20.0. The first-order valence-corrected chi connectivity index (χ1v) is 7.22. The van der Waals surface area contributed by atoms with Crippen molar-refractivity contribution in [2.75, 3.05) is 18.5 Å². The number of aromatic nitrogens is 2. The Morgan fingerprint density at radius 1 is 1.52 bits per heavy atom. The third kappa shape index (κ3) is 5.67. The normalized spacial score (nSPS) is 13.9. The number of anilines is 1. The van der Waals surface area contributed by atoms with Gasteiger partial charge in [-0.3, -0.25) is 0 Å². The Bertz CT molecular complexity index is 487. The second-order valence-electron chi connectivity index (χ2n) is 5.86. The molecule has 0 aliphatic rings. The number of nitrogens with zero attached hydrogens (tertiary/aromatic N) is 2. The number of hydrogen-bond acceptors (Lipinski definition) is 6. The minimum Gasteiger partial charge on any atom is -0.462 e. The number of rotatable bonds is 7. The van der Waals surface area contributed by atoms with Gasteiger partial charge in [-0.2, -0.15) is 0 Å². The van der Waals surface area contributed by atoms with E-state index in [1.165, 1.54) is 6.20 Å². The Kier molecular flexibility index (Phi) is 6.08. The van der Waals surface area contributed by atoms with Crippen LogP contribution in [0.1, 0.15) is 50.2 Å². The van der Waals surface area contributed by atoms with Crippen molar-refractivity contribution in [1.82, 2.24) is 9.97 Å². The number of aliphatic hydroxyl groups is 1. The van der Waals surface area contributed by atoms with E-state index in [4.69, 9.17) is 4.74 Å². The predicted octanol–water partition coefficient (Wildman–Crippen LogP) is 2.17. The summed E-state index contributed by atoms with van der Waals surface area (Å²) in [6.45, 7) is 10.0. The first kappa shape index (κ1) is 17.4. The zero-order valence-electron chi connectivity index (χ0n) is 13.4. The average molecular weight is 295 g/mol. The van der Waals surface area contributed by atoms with Gasteiger partial charge >= 0.3 is 5.97 Å². The molecule has 0 aromatic carbocycles. The molecule has 0 saturated carbocycles. The number of hydrogen-bond donors (Lipinski definition) is 2. The van der Waals surface area contributed by atoms with Crippen molar-refractivity contribution in [3.8, 4) is 0 Å². The van der Waals surface area contributed by atoms with Crippen LogP contribution in [0.25, 0.3) is 0 Å². The molecule has 1 atom stereocenters. The summed E-state index contributed by atoms with van der Waals surface area (Å²) in [6.07, 6.45) is 2.12. The van der Waals surface area contributed by atoms with Gasteiger partial charge in [0.25, 0.3) is 0 Å². The number of carbonyl (C=O) groups is 1. The van der Waals surface area contributed by atoms with E-state index in [9.17, 15) is 9.90 Å². The van der Waals surface area contributed by atoms with Crippen molar-refractivity contribution in [2.24, 2.45) is 5.92 Å². The van der Waals surface area contributed by atoms with Crippen molar-refractivity contribution in [3.63, 3.8) is 0 Å². The van der Waals surface area contributed by atoms with E-state index in [-0.39, 0.29) is 0 Å². The third-order valence-corrected chi connectivity index (χ3v) is 2.95. The highest BCUT2D eigenvalue weighted by Crippen LogP contribution is 2.17. The van der Waals surface area contributed by atoms with E-state index >= 15 is 0 Å². The first-order valence-electron chi connectivity index (χ1n) is 7.22. The fourth-order valence-corrected chi connectivity index (χ4v) is 2.18. The van der Waals surface area contributed by atoms with Gasteiger partial charge in [0.15, 0.2) is 0 Å². The Labute approximate surface area is 126 Å². The maximum absolute atomic E-state index is 11.7. The molecule has 6 nitrogen and oxygen atoms in total. The van der Waals surface area contributed by atoms with Crippen LogP contribution in [-0.4, -0.2) is 39.8 Å². The molecule has 1 rings (SSSR count). The van der Waals surface area contributed by atoms with E-state index in [2.05, 4.69) is 29.1 Å². The van der Waals surface area contributed by atoms with E-state index in [0.717, 1.165) is 0 Å². The van der Waals surface area contributed by atoms with Crippen molar-refractivity contribution in [1.29, 1.82) is 0 Å². The van der Waals surface area contributed by atoms with Crippen LogP contribution in [0.5, 0.6) is 0 Å². The van der Waals surface area contributed by atoms with Crippen molar-refractivity contribution < 1.29 is 14.6 Å². The van der Waals surface area contributed by atoms with Gasteiger partial charge in [0.05, 0.1) is 23.5 Å². The highest BCUT2D eigenvalue weighted by molar-refractivity contribution is 5.90. The van der Waals surface area contributed by atoms with Gasteiger partial charge in [-0.15, -0.1) is 0 Å². The fourth-order valence-electron chi connectivity index (χ4n) is 2.18. The Morgan fingerprint density at radius 3 is 2.71 bits per heavy atom. The number of esters is 1. The molecule has 1 heterocycles. The van der Waals surface area contributed by atoms with E-state index in [1.54, 1.807) is 20.8 Å². The zero-order chi connectivity index (χ0) is 16.0. The van der Waals surface area contributed by atoms with Crippen LogP contribution < -0.4 is 5.32 Å². The molecule has 0 aliphatic carbocycles. The fraction of sp³-hybridized carbons (Fsp3) is 0.667. The molecule has 0 fully saturated rings. The van der Waals surface area contributed by atoms with Gasteiger partial charge in [-0.1, -0.05) is 13.8 Å². The number of ether oxygens (including phenoxy) is 1. The molecule has 0 spiro atoms. The molecular formula is C15H25N3O3. The minimum atomic E-state index is -0.828. The largest absolute Gasteiger partial charge is 0.462 e. The Hall–Kier alpha value is -1.69. The molecule has 1 unspecified atom stereocenters. The predicted molar refractivity (Wildman–Crippen MR) is 81.3 cm³/mol. The second-order valence-corrected chi connectivity index (χ2v) is 5.86. The summed E-state index contributed by atoms with van der Waals surface area (Å²) >= 11 is 0. The monoisotopic (exact) mass is 295 g/mol. The first-order chi connectivity index (χ1) is 9.75. The lowest BCUT2D eigenvalue weighted by molar-refractivity contribution is 0.0507. The molecule has 0 aliphatic heterocycles. The highest BCUT2D eigenvalue weighted by Gasteiger charge is 2.22. The third-order valence-electron chi connectivity index (χ3n) is 2.95. The maximum Gasteiger partial charge on any atom is 0.341 e. The summed E-state index contributed by atoms with van der Waals surface area (Å²) in [6, 6.07) is 0. The molecule has 6 heteroatoms. The average Bonchev–Trinajstić information content (AvgIpc) is 2.35. The lowest BCUT2D eigenvalue weighted by atomic mass is 9.94. The molecule has 1 aromatic heterocycles. The van der Waals surface area contributed by atoms with Crippen molar-refractivity contribution >= 4 is 11.9 Å². The van der Waals surface area contributed by atoms with Crippen molar-refractivity contribution in [3.05, 3.63) is 17.5 Å². The number of nitrogens with one attached hydrogen (secondary N) is 1. The van der Waals surface area contributed by atoms with Crippen molar-refractivity contribution in [2.45, 2.75) is 46.6 Å². The van der Waals surface area contributed by atoms with Crippen LogP contribution >= 0.6 is 0 Å². The highest BCUT2D eigenvalue weighted by atomic mass is 16.5. The van der Waals surface area contributed by atoms with E-state index in [0.29, 0.717) is 42.7 Å². The summed E-state index contributed by atoms with van der Waals surface area (Å²) in [5.74, 6) is 0.369. The van der Waals surface area contributed by atoms with Gasteiger partial charge in [0, 0.05) is 12.7 Å². The topological polar surface area (TPSA) is 84.3 Å². The van der Waals surface area contributed by atoms with Crippen LogP contribution in [0.4, 0.5) is 5.95 Å². The van der Waals surface area contributed by atoms with Gasteiger partial charge in [0.1, 0.15) is 0 Å². The molecule has 21 heavy (non-hydrogen) atoms. The van der Waals surface area contributed by atoms with E-state index in [1.807, 2.05) is 0 Å². The standard InChI is InChI=1S/C15H25N3O3/c1-6-21-13(19)12-8-16-14(18-11(12)4)17-9-15(5,20)7-10(2)3/h8,10,20H,6-7,9H2,1-5H3,(H,16,17,18). The minimum absolute atomic E-state index is 0.316. The summed E-state index contributed by atoms with van der Waals surface area (Å²) in [7, 11) is 0. The van der Waals surface area contributed by atoms with Gasteiger partial charge in [-0.25, -0.2) is 14.8 Å². The molecule has 0 saturated heterocycles. The quantitative estimate of drug-likeness (QED) is 0.750. The molecule has 2 N–H and O–H groups in total. The summed E-state index contributed by atoms with van der Waals surface area (Å²) in [5, 5.41) is 13.2. The molecule has 1 aromatic rings. The maximum atomic E-state index is 11.7. The summed E-state index contributed by atoms with van der Waals surface area (Å²) < 4.78 is 4.93. The number of carbonyl (C=O) groups excluding carboxylic acids is 1. The zero-order valence-corrected chi connectivity index (χ0v) is 13.4. The van der Waals surface area contributed by atoms with Crippen LogP contribution in [-0.2, 0) is 4.74 Å². The lowest BCUT2D eigenvalue weighted by Gasteiger charge is -2.25. The molecule has 118 valence electrons. The molecule has 0 radical (unpaired) electrons. The Balaban J connectivity index is 2.70. The molecule has 0 bridgehead atoms. The lowest BCUT2D eigenvalue weighted by Crippen LogP contribution is -2.35. The van der Waals surface area contributed by atoms with Gasteiger partial charge < -0.3 is 15.2 Å². The smallest absolute Gasteiger partial charge is 0.341 e. The van der Waals surface area contributed by atoms with Gasteiger partial charge in [-0.05, 0) is 33.1 Å². The van der Waals surface area contributed by atoms with Crippen LogP contribution in [0.15, 0.2) is 6.20 Å². The second kappa shape index (κ2) is 7.36. The SMILES string of the molecule is CCOC(=O)c1cnc(NCC(C)(O)CC(C)C)nc1C. The van der Waals surface area contributed by atoms with Crippen LogP contribution in [0.3, 0.4) is 0 Å². The molecule has 0 amide bonds.